The number of halogens is 2. The number of nitrogens with one attached hydrogen (secondary N) is 1. The molecule has 1 aliphatic heterocycles. The van der Waals surface area contributed by atoms with Crippen LogP contribution in [0.3, 0.4) is 0 Å². The Labute approximate surface area is 201 Å². The molecule has 14 heteroatoms. The molecule has 1 aromatic carbocycles. The van der Waals surface area contributed by atoms with Crippen LogP contribution in [0.4, 0.5) is 4.39 Å². The van der Waals surface area contributed by atoms with Crippen LogP contribution >= 0.6 is 11.6 Å². The third-order valence-corrected chi connectivity index (χ3v) is 6.43. The van der Waals surface area contributed by atoms with Crippen LogP contribution in [0.25, 0.3) is 28.3 Å². The summed E-state index contributed by atoms with van der Waals surface area (Å²) < 4.78 is 19.8. The molecule has 0 bridgehead atoms. The van der Waals surface area contributed by atoms with Crippen molar-refractivity contribution >= 4 is 11.6 Å². The molecule has 0 saturated heterocycles. The number of aryl methyl sites for hydroxylation is 1. The lowest BCUT2D eigenvalue weighted by atomic mass is 10.1. The molecule has 0 unspecified atom stereocenters. The summed E-state index contributed by atoms with van der Waals surface area (Å²) in [6.45, 7) is 1.97. The summed E-state index contributed by atoms with van der Waals surface area (Å²) in [5.74, 6) is 0.351. The second-order valence-electron chi connectivity index (χ2n) is 8.30. The molecule has 1 N–H and O–H groups in total. The quantitative estimate of drug-likeness (QED) is 0.402. The highest BCUT2D eigenvalue weighted by atomic mass is 35.5. The number of tetrazole rings is 1. The van der Waals surface area contributed by atoms with Crippen LogP contribution in [0.1, 0.15) is 37.0 Å². The first-order valence-electron chi connectivity index (χ1n) is 10.7. The number of hydrogen-bond acceptors (Lipinski definition) is 8. The number of benzene rings is 1. The number of nitrogens with zero attached hydrogens (tertiary/aromatic N) is 10. The van der Waals surface area contributed by atoms with Gasteiger partial charge in [-0.1, -0.05) is 23.7 Å². The lowest BCUT2D eigenvalue weighted by Crippen LogP contribution is -2.25. The molecule has 2 atom stereocenters. The minimum atomic E-state index is -0.709. The Morgan fingerprint density at radius 3 is 2.80 bits per heavy atom. The van der Waals surface area contributed by atoms with E-state index in [1.54, 1.807) is 34.8 Å². The number of aromatic amines is 1. The lowest BCUT2D eigenvalue weighted by Gasteiger charge is -2.15. The van der Waals surface area contributed by atoms with E-state index in [1.807, 2.05) is 6.92 Å². The van der Waals surface area contributed by atoms with E-state index < -0.39 is 5.82 Å². The minimum Gasteiger partial charge on any atom is -0.339 e. The first-order chi connectivity index (χ1) is 16.9. The number of imidazole rings is 1. The Bertz CT molecular complexity index is 1620. The molecule has 1 aliphatic rings. The van der Waals surface area contributed by atoms with Gasteiger partial charge in [-0.25, -0.2) is 19.0 Å². The molecule has 35 heavy (non-hydrogen) atoms. The summed E-state index contributed by atoms with van der Waals surface area (Å²) in [4.78, 5) is 25.9. The van der Waals surface area contributed by atoms with Crippen molar-refractivity contribution in [1.82, 2.24) is 54.7 Å². The molecule has 0 radical (unpaired) electrons. The summed E-state index contributed by atoms with van der Waals surface area (Å²) in [7, 11) is 1.78. The molecular weight excluding hydrogens is 477 g/mol. The zero-order valence-corrected chi connectivity index (χ0v) is 19.2. The van der Waals surface area contributed by atoms with Gasteiger partial charge in [-0.05, 0) is 29.0 Å². The lowest BCUT2D eigenvalue weighted by molar-refractivity contribution is 0.555. The number of aromatic nitrogens is 11. The van der Waals surface area contributed by atoms with Crippen LogP contribution in [0.2, 0.25) is 5.02 Å². The summed E-state index contributed by atoms with van der Waals surface area (Å²) in [6.07, 6.45) is 5.24. The smallest absolute Gasteiger partial charge is 0.254 e. The van der Waals surface area contributed by atoms with Gasteiger partial charge in [-0.3, -0.25) is 9.36 Å². The van der Waals surface area contributed by atoms with Crippen LogP contribution in [0.15, 0.2) is 41.7 Å². The van der Waals surface area contributed by atoms with E-state index in [0.717, 1.165) is 11.4 Å². The average molecular weight is 494 g/mol. The van der Waals surface area contributed by atoms with Crippen LogP contribution in [0, 0.1) is 5.82 Å². The van der Waals surface area contributed by atoms with E-state index in [1.165, 1.54) is 23.1 Å². The molecule has 6 rings (SSSR count). The maximum absolute atomic E-state index is 15.2. The van der Waals surface area contributed by atoms with E-state index >= 15 is 4.39 Å². The van der Waals surface area contributed by atoms with Gasteiger partial charge in [0, 0.05) is 19.0 Å². The zero-order valence-electron chi connectivity index (χ0n) is 18.5. The molecule has 0 fully saturated rings. The maximum atomic E-state index is 15.2. The van der Waals surface area contributed by atoms with Crippen LogP contribution in [-0.2, 0) is 7.05 Å². The second-order valence-corrected chi connectivity index (χ2v) is 8.70. The van der Waals surface area contributed by atoms with Crippen molar-refractivity contribution in [1.29, 1.82) is 0 Å². The first-order valence-corrected chi connectivity index (χ1v) is 11.1. The summed E-state index contributed by atoms with van der Waals surface area (Å²) in [5.41, 5.74) is 1.68. The summed E-state index contributed by atoms with van der Waals surface area (Å²) >= 11 is 6.07. The van der Waals surface area contributed by atoms with Gasteiger partial charge in [0.2, 0.25) is 0 Å². The van der Waals surface area contributed by atoms with E-state index in [-0.39, 0.29) is 33.8 Å². The van der Waals surface area contributed by atoms with Crippen molar-refractivity contribution in [2.45, 2.75) is 25.3 Å². The second kappa shape index (κ2) is 7.91. The van der Waals surface area contributed by atoms with Crippen molar-refractivity contribution in [2.24, 2.45) is 7.05 Å². The standard InChI is InChI=1S/C21H17ClFN11O/c1-10-5-15(20-24-7-13(27-20)16-8-25-30-32(16)2)34-17(35)6-12(28-21(10)34)18-14(33-9-26-29-31-33)4-3-11(22)19(18)23/h3-4,6-10,15H,5H2,1-2H3,(H,24,27)/t10-,15-/m1/s1. The van der Waals surface area contributed by atoms with Crippen molar-refractivity contribution in [3.63, 3.8) is 0 Å². The Morgan fingerprint density at radius 1 is 1.20 bits per heavy atom. The highest BCUT2D eigenvalue weighted by Crippen LogP contribution is 2.39. The van der Waals surface area contributed by atoms with Crippen molar-refractivity contribution in [2.75, 3.05) is 0 Å². The summed E-state index contributed by atoms with van der Waals surface area (Å²) in [5, 5.41) is 18.8. The van der Waals surface area contributed by atoms with Crippen LogP contribution < -0.4 is 5.56 Å². The van der Waals surface area contributed by atoms with E-state index in [0.29, 0.717) is 23.8 Å². The Hall–Kier alpha value is -4.26. The van der Waals surface area contributed by atoms with Gasteiger partial charge in [0.25, 0.3) is 5.56 Å². The molecule has 0 saturated carbocycles. The topological polar surface area (TPSA) is 138 Å². The number of fused-ring (bicyclic) bond motifs is 1. The third kappa shape index (κ3) is 3.34. The molecule has 5 aromatic rings. The van der Waals surface area contributed by atoms with E-state index in [2.05, 4.69) is 35.8 Å². The van der Waals surface area contributed by atoms with Gasteiger partial charge in [-0.15, -0.1) is 10.2 Å². The molecule has 12 nitrogen and oxygen atoms in total. The normalized spacial score (nSPS) is 17.1. The zero-order chi connectivity index (χ0) is 24.3. The summed E-state index contributed by atoms with van der Waals surface area (Å²) in [6, 6.07) is 3.93. The van der Waals surface area contributed by atoms with E-state index in [9.17, 15) is 4.79 Å². The fourth-order valence-electron chi connectivity index (χ4n) is 4.49. The molecule has 4 aromatic heterocycles. The SMILES string of the molecule is C[C@@H]1C[C@H](c2ncc(-c3cnnn3C)[nH]2)n2c1nc(-c1c(-n3cnnn3)ccc(Cl)c1F)cc2=O. The van der Waals surface area contributed by atoms with Crippen LogP contribution in [-0.4, -0.2) is 54.7 Å². The van der Waals surface area contributed by atoms with Gasteiger partial charge in [0.15, 0.2) is 5.82 Å². The predicted octanol–water partition coefficient (Wildman–Crippen LogP) is 2.29. The molecule has 0 aliphatic carbocycles. The molecule has 0 spiro atoms. The third-order valence-electron chi connectivity index (χ3n) is 6.14. The largest absolute Gasteiger partial charge is 0.339 e. The van der Waals surface area contributed by atoms with E-state index in [4.69, 9.17) is 16.6 Å². The average Bonchev–Trinajstić information content (AvgIpc) is 3.63. The monoisotopic (exact) mass is 493 g/mol. The highest BCUT2D eigenvalue weighted by molar-refractivity contribution is 6.31. The fraction of sp³-hybridized carbons (Fsp3) is 0.238. The van der Waals surface area contributed by atoms with Crippen molar-refractivity contribution < 1.29 is 4.39 Å². The number of H-pyrrole nitrogens is 1. The van der Waals surface area contributed by atoms with Gasteiger partial charge < -0.3 is 4.98 Å². The molecular formula is C21H17ClFN11O. The van der Waals surface area contributed by atoms with Gasteiger partial charge >= 0.3 is 0 Å². The van der Waals surface area contributed by atoms with Gasteiger partial charge in [0.1, 0.15) is 23.7 Å². The Balaban J connectivity index is 1.47. The number of rotatable bonds is 4. The van der Waals surface area contributed by atoms with Crippen LogP contribution in [0.5, 0.6) is 0 Å². The molecule has 0 amide bonds. The predicted molar refractivity (Wildman–Crippen MR) is 121 cm³/mol. The molecule has 5 heterocycles. The first kappa shape index (κ1) is 21.3. The highest BCUT2D eigenvalue weighted by Gasteiger charge is 2.34. The van der Waals surface area contributed by atoms with Gasteiger partial charge in [0.05, 0.1) is 46.1 Å². The Morgan fingerprint density at radius 2 is 2.06 bits per heavy atom. The minimum absolute atomic E-state index is 0.0462. The molecule has 176 valence electrons. The van der Waals surface area contributed by atoms with Crippen molar-refractivity contribution in [3.8, 4) is 28.3 Å². The maximum Gasteiger partial charge on any atom is 0.254 e. The fourth-order valence-corrected chi connectivity index (χ4v) is 4.65. The van der Waals surface area contributed by atoms with Crippen molar-refractivity contribution in [3.05, 3.63) is 69.8 Å². The van der Waals surface area contributed by atoms with Gasteiger partial charge in [-0.2, -0.15) is 4.68 Å². The Kier molecular flexibility index (Phi) is 4.81. The number of hydrogen-bond donors (Lipinski definition) is 1.